The summed E-state index contributed by atoms with van der Waals surface area (Å²) in [6, 6.07) is 1.07. The molecule has 0 saturated carbocycles. The minimum Gasteiger partial charge on any atom is -0.460 e. The number of alkyl halides is 6. The number of halogens is 6. The maximum absolute atomic E-state index is 13.2. The highest BCUT2D eigenvalue weighted by atomic mass is 19.4. The number of aryl methyl sites for hydroxylation is 2. The van der Waals surface area contributed by atoms with E-state index >= 15 is 0 Å². The largest absolute Gasteiger partial charge is 0.460 e. The zero-order chi connectivity index (χ0) is 26.1. The van der Waals surface area contributed by atoms with Crippen LogP contribution in [0.5, 0.6) is 0 Å². The van der Waals surface area contributed by atoms with Gasteiger partial charge in [0.25, 0.3) is 0 Å². The Hall–Kier alpha value is -3.64. The molecule has 188 valence electrons. The smallest absolute Gasteiger partial charge is 0.416 e. The molecule has 0 spiro atoms. The Morgan fingerprint density at radius 2 is 1.69 bits per heavy atom. The van der Waals surface area contributed by atoms with Crippen LogP contribution < -0.4 is 0 Å². The fourth-order valence-electron chi connectivity index (χ4n) is 3.12. The van der Waals surface area contributed by atoms with E-state index in [0.29, 0.717) is 29.2 Å². The summed E-state index contributed by atoms with van der Waals surface area (Å²) in [5.41, 5.74) is -2.23. The summed E-state index contributed by atoms with van der Waals surface area (Å²) in [6.07, 6.45) is -8.16. The molecule has 0 saturated heterocycles. The summed E-state index contributed by atoms with van der Waals surface area (Å²) in [6.45, 7) is 6.62. The van der Waals surface area contributed by atoms with Gasteiger partial charge in [-0.25, -0.2) is 14.5 Å². The molecule has 2 heterocycles. The second-order valence-electron chi connectivity index (χ2n) is 7.93. The first-order valence-electron chi connectivity index (χ1n) is 10.2. The van der Waals surface area contributed by atoms with Gasteiger partial charge in [-0.05, 0) is 45.9 Å². The van der Waals surface area contributed by atoms with Crippen LogP contribution in [0.25, 0.3) is 17.6 Å². The van der Waals surface area contributed by atoms with E-state index in [0.717, 1.165) is 11.0 Å². The molecule has 0 atom stereocenters. The number of rotatable bonds is 6. The van der Waals surface area contributed by atoms with Gasteiger partial charge in [-0.1, -0.05) is 5.16 Å². The standard InChI is InChI=1S/C22H20F6N4O3/c1-11(2)34-20(33)15(7-18-12(3)31-35-13(18)4)9-32-10-29-19(30-32)14-5-16(21(23,24)25)8-17(6-14)22(26,27)28/h5-6,8-11H,7H2,1-4H3. The molecule has 0 fully saturated rings. The van der Waals surface area contributed by atoms with Gasteiger partial charge < -0.3 is 9.26 Å². The Bertz CT molecular complexity index is 1200. The van der Waals surface area contributed by atoms with Crippen LogP contribution in [0.4, 0.5) is 26.3 Å². The SMILES string of the molecule is Cc1noc(C)c1CC(=Cn1cnc(-c2cc(C(F)(F)F)cc(C(F)(F)F)c2)n1)C(=O)OC(C)C. The Morgan fingerprint density at radius 3 is 2.17 bits per heavy atom. The number of carbonyl (C=O) groups is 1. The number of carbonyl (C=O) groups excluding carboxylic acids is 1. The van der Waals surface area contributed by atoms with Crippen LogP contribution >= 0.6 is 0 Å². The minimum atomic E-state index is -5.01. The molecule has 2 aromatic heterocycles. The summed E-state index contributed by atoms with van der Waals surface area (Å²) in [7, 11) is 0. The summed E-state index contributed by atoms with van der Waals surface area (Å²) < 4.78 is 90.4. The first-order valence-corrected chi connectivity index (χ1v) is 10.2. The molecule has 0 aliphatic rings. The molecular weight excluding hydrogens is 482 g/mol. The number of nitrogens with zero attached hydrogens (tertiary/aromatic N) is 4. The predicted octanol–water partition coefficient (Wildman–Crippen LogP) is 5.62. The van der Waals surface area contributed by atoms with Crippen molar-refractivity contribution in [2.24, 2.45) is 0 Å². The monoisotopic (exact) mass is 502 g/mol. The highest BCUT2D eigenvalue weighted by Crippen LogP contribution is 2.38. The lowest BCUT2D eigenvalue weighted by Gasteiger charge is -2.13. The van der Waals surface area contributed by atoms with E-state index in [2.05, 4.69) is 15.2 Å². The van der Waals surface area contributed by atoms with Crippen molar-refractivity contribution in [3.63, 3.8) is 0 Å². The minimum absolute atomic E-state index is 0.0179. The Morgan fingerprint density at radius 1 is 1.09 bits per heavy atom. The van der Waals surface area contributed by atoms with Gasteiger partial charge in [-0.2, -0.15) is 26.3 Å². The van der Waals surface area contributed by atoms with Crippen molar-refractivity contribution in [3.8, 4) is 11.4 Å². The van der Waals surface area contributed by atoms with Gasteiger partial charge in [0.1, 0.15) is 12.1 Å². The van der Waals surface area contributed by atoms with Gasteiger partial charge in [0.2, 0.25) is 0 Å². The van der Waals surface area contributed by atoms with Gasteiger partial charge in [-0.15, -0.1) is 5.10 Å². The van der Waals surface area contributed by atoms with Crippen LogP contribution in [0, 0.1) is 13.8 Å². The molecular formula is C22H20F6N4O3. The average Bonchev–Trinajstić information content (AvgIpc) is 3.33. The predicted molar refractivity (Wildman–Crippen MR) is 111 cm³/mol. The van der Waals surface area contributed by atoms with Crippen LogP contribution in [-0.2, 0) is 28.3 Å². The lowest BCUT2D eigenvalue weighted by atomic mass is 10.0. The Kier molecular flexibility index (Phi) is 7.08. The van der Waals surface area contributed by atoms with Crippen molar-refractivity contribution in [2.45, 2.75) is 52.6 Å². The van der Waals surface area contributed by atoms with Gasteiger partial charge in [-0.3, -0.25) is 0 Å². The quantitative estimate of drug-likeness (QED) is 0.247. The summed E-state index contributed by atoms with van der Waals surface area (Å²) in [4.78, 5) is 16.5. The van der Waals surface area contributed by atoms with Crippen molar-refractivity contribution in [3.05, 3.63) is 58.2 Å². The third-order valence-electron chi connectivity index (χ3n) is 4.80. The van der Waals surface area contributed by atoms with Crippen LogP contribution in [0.15, 0.2) is 34.6 Å². The number of hydrogen-bond acceptors (Lipinski definition) is 6. The number of benzene rings is 1. The Balaban J connectivity index is 2.04. The van der Waals surface area contributed by atoms with Crippen molar-refractivity contribution in [2.75, 3.05) is 0 Å². The van der Waals surface area contributed by atoms with E-state index in [1.54, 1.807) is 27.7 Å². The van der Waals surface area contributed by atoms with E-state index in [4.69, 9.17) is 9.26 Å². The molecule has 13 heteroatoms. The van der Waals surface area contributed by atoms with E-state index < -0.39 is 46.9 Å². The van der Waals surface area contributed by atoms with E-state index in [-0.39, 0.29) is 18.1 Å². The number of esters is 1. The van der Waals surface area contributed by atoms with Gasteiger partial charge in [0, 0.05) is 23.7 Å². The molecule has 0 unspecified atom stereocenters. The second-order valence-corrected chi connectivity index (χ2v) is 7.93. The third kappa shape index (κ3) is 6.28. The molecule has 0 aliphatic heterocycles. The van der Waals surface area contributed by atoms with E-state index in [1.807, 2.05) is 0 Å². The summed E-state index contributed by atoms with van der Waals surface area (Å²) in [5.74, 6) is -0.629. The highest BCUT2D eigenvalue weighted by molar-refractivity contribution is 5.92. The molecule has 3 rings (SSSR count). The van der Waals surface area contributed by atoms with E-state index in [9.17, 15) is 31.1 Å². The highest BCUT2D eigenvalue weighted by Gasteiger charge is 2.37. The van der Waals surface area contributed by atoms with Crippen molar-refractivity contribution >= 4 is 12.2 Å². The maximum Gasteiger partial charge on any atom is 0.416 e. The maximum atomic E-state index is 13.2. The zero-order valence-corrected chi connectivity index (χ0v) is 19.0. The first kappa shape index (κ1) is 26.0. The molecule has 3 aromatic rings. The molecule has 0 aliphatic carbocycles. The first-order chi connectivity index (χ1) is 16.1. The van der Waals surface area contributed by atoms with Gasteiger partial charge >= 0.3 is 18.3 Å². The fourth-order valence-corrected chi connectivity index (χ4v) is 3.12. The number of ether oxygens (including phenoxy) is 1. The van der Waals surface area contributed by atoms with Crippen LogP contribution in [0.1, 0.15) is 42.0 Å². The lowest BCUT2D eigenvalue weighted by Crippen LogP contribution is -2.16. The van der Waals surface area contributed by atoms with Gasteiger partial charge in [0.05, 0.1) is 28.5 Å². The molecule has 0 N–H and O–H groups in total. The zero-order valence-electron chi connectivity index (χ0n) is 19.0. The van der Waals surface area contributed by atoms with Crippen LogP contribution in [-0.4, -0.2) is 32.0 Å². The van der Waals surface area contributed by atoms with Gasteiger partial charge in [0.15, 0.2) is 5.82 Å². The molecule has 0 bridgehead atoms. The summed E-state index contributed by atoms with van der Waals surface area (Å²) in [5, 5.41) is 7.77. The fraction of sp³-hybridized carbons (Fsp3) is 0.364. The normalized spacial score (nSPS) is 12.9. The molecule has 1 aromatic carbocycles. The molecule has 0 amide bonds. The average molecular weight is 502 g/mol. The molecule has 35 heavy (non-hydrogen) atoms. The lowest BCUT2D eigenvalue weighted by molar-refractivity contribution is -0.144. The topological polar surface area (TPSA) is 83.0 Å². The summed E-state index contributed by atoms with van der Waals surface area (Å²) >= 11 is 0. The third-order valence-corrected chi connectivity index (χ3v) is 4.80. The van der Waals surface area contributed by atoms with Crippen LogP contribution in [0.2, 0.25) is 0 Å². The van der Waals surface area contributed by atoms with Crippen molar-refractivity contribution < 1.29 is 40.4 Å². The second kappa shape index (κ2) is 9.55. The Labute approximate surface area is 195 Å². The number of aromatic nitrogens is 4. The van der Waals surface area contributed by atoms with E-state index in [1.165, 1.54) is 6.20 Å². The number of hydrogen-bond donors (Lipinski definition) is 0. The van der Waals surface area contributed by atoms with Crippen molar-refractivity contribution in [1.29, 1.82) is 0 Å². The van der Waals surface area contributed by atoms with Crippen molar-refractivity contribution in [1.82, 2.24) is 19.9 Å². The molecule has 7 nitrogen and oxygen atoms in total. The molecule has 0 radical (unpaired) electrons. The van der Waals surface area contributed by atoms with Crippen LogP contribution in [0.3, 0.4) is 0 Å².